The molecule has 1 heterocycles. The van der Waals surface area contributed by atoms with Crippen molar-refractivity contribution < 1.29 is 9.47 Å². The maximum absolute atomic E-state index is 5.48. The van der Waals surface area contributed by atoms with Crippen LogP contribution < -0.4 is 5.32 Å². The fraction of sp³-hybridized carbons (Fsp3) is 1.00. The number of nitrogens with zero attached hydrogens (tertiary/aromatic N) is 1. The van der Waals surface area contributed by atoms with Crippen LogP contribution in [0.25, 0.3) is 0 Å². The van der Waals surface area contributed by atoms with E-state index in [0.29, 0.717) is 0 Å². The minimum atomic E-state index is 0.182. The van der Waals surface area contributed by atoms with E-state index in [9.17, 15) is 0 Å². The number of ether oxygens (including phenoxy) is 2. The first-order valence-electron chi connectivity index (χ1n) is 5.69. The summed E-state index contributed by atoms with van der Waals surface area (Å²) < 4.78 is 10.5. The Morgan fingerprint density at radius 3 is 2.87 bits per heavy atom. The number of morpholine rings is 1. The maximum Gasteiger partial charge on any atom is 0.0645 e. The number of hydrogen-bond donors (Lipinski definition) is 1. The van der Waals surface area contributed by atoms with Gasteiger partial charge in [0.25, 0.3) is 0 Å². The van der Waals surface area contributed by atoms with Gasteiger partial charge in [-0.3, -0.25) is 4.90 Å². The molecule has 0 aromatic rings. The van der Waals surface area contributed by atoms with Gasteiger partial charge in [0.15, 0.2) is 0 Å². The van der Waals surface area contributed by atoms with Gasteiger partial charge in [0, 0.05) is 38.8 Å². The summed E-state index contributed by atoms with van der Waals surface area (Å²) in [5, 5.41) is 3.36. The highest BCUT2D eigenvalue weighted by atomic mass is 16.5. The molecule has 0 aromatic carbocycles. The fourth-order valence-corrected chi connectivity index (χ4v) is 1.82. The molecule has 1 fully saturated rings. The summed E-state index contributed by atoms with van der Waals surface area (Å²) in [6, 6.07) is 0. The van der Waals surface area contributed by atoms with Crippen LogP contribution >= 0.6 is 0 Å². The van der Waals surface area contributed by atoms with Gasteiger partial charge in [-0.05, 0) is 13.8 Å². The Hall–Kier alpha value is -0.160. The molecule has 0 aromatic heterocycles. The van der Waals surface area contributed by atoms with Crippen molar-refractivity contribution >= 4 is 0 Å². The zero-order valence-corrected chi connectivity index (χ0v) is 10.2. The van der Waals surface area contributed by atoms with E-state index >= 15 is 0 Å². The summed E-state index contributed by atoms with van der Waals surface area (Å²) in [5.74, 6) is 0. The van der Waals surface area contributed by atoms with Crippen molar-refractivity contribution in [1.82, 2.24) is 10.2 Å². The number of rotatable bonds is 6. The Kier molecular flexibility index (Phi) is 5.53. The quantitative estimate of drug-likeness (QED) is 0.649. The Morgan fingerprint density at radius 1 is 1.40 bits per heavy atom. The van der Waals surface area contributed by atoms with Crippen molar-refractivity contribution in [2.24, 2.45) is 0 Å². The second kappa shape index (κ2) is 6.43. The standard InChI is InChI=1S/C11H24N2O2/c1-11(2)10-15-9-7-13(11)6-4-12-5-8-14-3/h12H,4-10H2,1-3H3. The highest BCUT2D eigenvalue weighted by Gasteiger charge is 2.29. The van der Waals surface area contributed by atoms with Crippen LogP contribution in [-0.4, -0.2) is 63.5 Å². The van der Waals surface area contributed by atoms with Gasteiger partial charge in [0.2, 0.25) is 0 Å². The first-order chi connectivity index (χ1) is 7.17. The SMILES string of the molecule is COCCNCCN1CCOCC1(C)C. The number of methoxy groups -OCH3 is 1. The summed E-state index contributed by atoms with van der Waals surface area (Å²) in [4.78, 5) is 2.48. The second-order valence-electron chi connectivity index (χ2n) is 4.59. The highest BCUT2D eigenvalue weighted by molar-refractivity contribution is 4.84. The van der Waals surface area contributed by atoms with Gasteiger partial charge >= 0.3 is 0 Å². The van der Waals surface area contributed by atoms with E-state index in [4.69, 9.17) is 9.47 Å². The lowest BCUT2D eigenvalue weighted by Crippen LogP contribution is -2.54. The molecule has 90 valence electrons. The van der Waals surface area contributed by atoms with Crippen LogP contribution in [0.4, 0.5) is 0 Å². The Balaban J connectivity index is 2.13. The Bertz CT molecular complexity index is 174. The van der Waals surface area contributed by atoms with Gasteiger partial charge in [-0.1, -0.05) is 0 Å². The predicted octanol–water partition coefficient (Wildman–Crippen LogP) is 0.333. The topological polar surface area (TPSA) is 33.7 Å². The molecule has 4 nitrogen and oxygen atoms in total. The summed E-state index contributed by atoms with van der Waals surface area (Å²) in [7, 11) is 1.73. The molecule has 1 aliphatic rings. The van der Waals surface area contributed by atoms with E-state index in [0.717, 1.165) is 46.0 Å². The minimum absolute atomic E-state index is 0.182. The van der Waals surface area contributed by atoms with E-state index in [1.807, 2.05) is 0 Å². The highest BCUT2D eigenvalue weighted by Crippen LogP contribution is 2.17. The minimum Gasteiger partial charge on any atom is -0.383 e. The summed E-state index contributed by atoms with van der Waals surface area (Å²) >= 11 is 0. The van der Waals surface area contributed by atoms with Crippen molar-refractivity contribution in [2.45, 2.75) is 19.4 Å². The van der Waals surface area contributed by atoms with Crippen LogP contribution in [0.5, 0.6) is 0 Å². The number of nitrogens with one attached hydrogen (secondary N) is 1. The monoisotopic (exact) mass is 216 g/mol. The molecule has 0 saturated carbocycles. The molecule has 0 atom stereocenters. The van der Waals surface area contributed by atoms with E-state index < -0.39 is 0 Å². The summed E-state index contributed by atoms with van der Waals surface area (Å²) in [6.45, 7) is 11.0. The normalized spacial score (nSPS) is 21.8. The molecule has 1 N–H and O–H groups in total. The van der Waals surface area contributed by atoms with Gasteiger partial charge in [-0.25, -0.2) is 0 Å². The molecule has 15 heavy (non-hydrogen) atoms. The van der Waals surface area contributed by atoms with Gasteiger partial charge < -0.3 is 14.8 Å². The van der Waals surface area contributed by atoms with E-state index in [1.165, 1.54) is 0 Å². The zero-order valence-electron chi connectivity index (χ0n) is 10.2. The molecule has 0 radical (unpaired) electrons. The molecule has 1 aliphatic heterocycles. The third-order valence-electron chi connectivity index (χ3n) is 2.86. The van der Waals surface area contributed by atoms with Crippen LogP contribution in [0.2, 0.25) is 0 Å². The molecule has 0 aliphatic carbocycles. The molecule has 0 spiro atoms. The summed E-state index contributed by atoms with van der Waals surface area (Å²) in [6.07, 6.45) is 0. The Labute approximate surface area is 92.9 Å². The third-order valence-corrected chi connectivity index (χ3v) is 2.86. The average Bonchev–Trinajstić information content (AvgIpc) is 2.19. The molecule has 1 rings (SSSR count). The molecule has 0 bridgehead atoms. The largest absolute Gasteiger partial charge is 0.383 e. The summed E-state index contributed by atoms with van der Waals surface area (Å²) in [5.41, 5.74) is 0.182. The molecule has 0 unspecified atom stereocenters. The lowest BCUT2D eigenvalue weighted by molar-refractivity contribution is -0.0500. The lowest BCUT2D eigenvalue weighted by atomic mass is 10.0. The van der Waals surface area contributed by atoms with Crippen molar-refractivity contribution in [3.63, 3.8) is 0 Å². The third kappa shape index (κ3) is 4.47. The predicted molar refractivity (Wildman–Crippen MR) is 61.2 cm³/mol. The van der Waals surface area contributed by atoms with E-state index in [1.54, 1.807) is 7.11 Å². The van der Waals surface area contributed by atoms with E-state index in [2.05, 4.69) is 24.1 Å². The van der Waals surface area contributed by atoms with Crippen LogP contribution in [0.15, 0.2) is 0 Å². The zero-order chi connectivity index (χ0) is 11.1. The Morgan fingerprint density at radius 2 is 2.20 bits per heavy atom. The van der Waals surface area contributed by atoms with Gasteiger partial charge in [0.1, 0.15) is 0 Å². The lowest BCUT2D eigenvalue weighted by Gasteiger charge is -2.42. The van der Waals surface area contributed by atoms with Gasteiger partial charge in [-0.15, -0.1) is 0 Å². The van der Waals surface area contributed by atoms with Crippen molar-refractivity contribution in [1.29, 1.82) is 0 Å². The van der Waals surface area contributed by atoms with Crippen LogP contribution in [0, 0.1) is 0 Å². The first kappa shape index (κ1) is 12.9. The first-order valence-corrected chi connectivity index (χ1v) is 5.69. The molecule has 1 saturated heterocycles. The molecule has 0 amide bonds. The van der Waals surface area contributed by atoms with Crippen molar-refractivity contribution in [2.75, 3.05) is 53.1 Å². The smallest absolute Gasteiger partial charge is 0.0645 e. The van der Waals surface area contributed by atoms with Gasteiger partial charge in [0.05, 0.1) is 19.8 Å². The van der Waals surface area contributed by atoms with Crippen molar-refractivity contribution in [3.05, 3.63) is 0 Å². The molecule has 4 heteroatoms. The molecular weight excluding hydrogens is 192 g/mol. The van der Waals surface area contributed by atoms with Gasteiger partial charge in [-0.2, -0.15) is 0 Å². The second-order valence-corrected chi connectivity index (χ2v) is 4.59. The van der Waals surface area contributed by atoms with Crippen LogP contribution in [0.3, 0.4) is 0 Å². The van der Waals surface area contributed by atoms with Crippen LogP contribution in [0.1, 0.15) is 13.8 Å². The molecular formula is C11H24N2O2. The number of hydrogen-bond acceptors (Lipinski definition) is 4. The fourth-order valence-electron chi connectivity index (χ4n) is 1.82. The average molecular weight is 216 g/mol. The van der Waals surface area contributed by atoms with E-state index in [-0.39, 0.29) is 5.54 Å². The van der Waals surface area contributed by atoms with Crippen molar-refractivity contribution in [3.8, 4) is 0 Å². The van der Waals surface area contributed by atoms with Crippen LogP contribution in [-0.2, 0) is 9.47 Å². The maximum atomic E-state index is 5.48.